The van der Waals surface area contributed by atoms with E-state index in [0.29, 0.717) is 0 Å². The summed E-state index contributed by atoms with van der Waals surface area (Å²) in [5, 5.41) is 0. The molecule has 3 heterocycles. The first-order valence-corrected chi connectivity index (χ1v) is 13.1. The summed E-state index contributed by atoms with van der Waals surface area (Å²) in [5.74, 6) is -3.84. The van der Waals surface area contributed by atoms with Gasteiger partial charge in [-0.1, -0.05) is 69.2 Å². The molecule has 0 aromatic carbocycles. The monoisotopic (exact) mass is 526 g/mol. The van der Waals surface area contributed by atoms with E-state index in [9.17, 15) is 14.4 Å². The highest BCUT2D eigenvalue weighted by Crippen LogP contribution is 2.59. The van der Waals surface area contributed by atoms with Crippen LogP contribution in [0.3, 0.4) is 0 Å². The predicted octanol–water partition coefficient (Wildman–Crippen LogP) is 3.97. The summed E-state index contributed by atoms with van der Waals surface area (Å²) in [5.41, 5.74) is -2.14. The predicted molar refractivity (Wildman–Crippen MR) is 134 cm³/mol. The smallest absolute Gasteiger partial charge is 0.320 e. The number of esters is 3. The van der Waals surface area contributed by atoms with Crippen molar-refractivity contribution in [1.29, 1.82) is 0 Å². The minimum absolute atomic E-state index is 0.156. The second kappa shape index (κ2) is 9.88. The molecular weight excluding hydrogens is 480 g/mol. The first kappa shape index (κ1) is 30.0. The molecule has 8 unspecified atom stereocenters. The highest BCUT2D eigenvalue weighted by Gasteiger charge is 2.68. The Hall–Kier alpha value is -1.55. The van der Waals surface area contributed by atoms with Crippen molar-refractivity contribution in [3.8, 4) is 0 Å². The number of fused-ring (bicyclic) bond motifs is 1. The molecule has 212 valence electrons. The molecule has 0 aromatic rings. The summed E-state index contributed by atoms with van der Waals surface area (Å²) < 4.78 is 23.8. The van der Waals surface area contributed by atoms with Gasteiger partial charge in [0.05, 0.1) is 63.0 Å². The van der Waals surface area contributed by atoms with E-state index in [-0.39, 0.29) is 29.5 Å². The molecule has 3 fully saturated rings. The largest absolute Gasteiger partial charge is 0.469 e. The molecule has 3 saturated heterocycles. The molecule has 0 amide bonds. The zero-order valence-electron chi connectivity index (χ0n) is 24.5. The van der Waals surface area contributed by atoms with Crippen molar-refractivity contribution in [2.45, 2.75) is 93.7 Å². The topological polar surface area (TPSA) is 107 Å². The number of carbonyl (C=O) groups is 3. The van der Waals surface area contributed by atoms with Gasteiger partial charge in [-0.05, 0) is 21.7 Å². The molecule has 0 bridgehead atoms. The van der Waals surface area contributed by atoms with Gasteiger partial charge < -0.3 is 18.9 Å². The highest BCUT2D eigenvalue weighted by molar-refractivity contribution is 5.97. The van der Waals surface area contributed by atoms with E-state index in [1.807, 2.05) is 48.5 Å². The standard InChI is InChI=1S/C28H46O9/c1-25(2,3)18-14(13-34-33-12)15(22(29)32-11)20(35-18)27(7,8)28(9,10)21-17-16(23(30)37-24(17)31)19(36-21)26(4,5)6/h14-21H,13H2,1-12H3. The van der Waals surface area contributed by atoms with Crippen LogP contribution in [0.2, 0.25) is 0 Å². The lowest BCUT2D eigenvalue weighted by atomic mass is 9.57. The van der Waals surface area contributed by atoms with Gasteiger partial charge in [0.1, 0.15) is 0 Å². The molecule has 3 aliphatic rings. The van der Waals surface area contributed by atoms with E-state index >= 15 is 0 Å². The number of methoxy groups -OCH3 is 1. The van der Waals surface area contributed by atoms with E-state index in [0.717, 1.165) is 0 Å². The Labute approximate surface area is 221 Å². The van der Waals surface area contributed by atoms with Crippen LogP contribution in [0.25, 0.3) is 0 Å². The Balaban J connectivity index is 2.07. The van der Waals surface area contributed by atoms with Crippen molar-refractivity contribution in [2.24, 2.45) is 45.3 Å². The number of rotatable bonds is 7. The van der Waals surface area contributed by atoms with Gasteiger partial charge in [0.2, 0.25) is 0 Å². The Bertz CT molecular complexity index is 894. The van der Waals surface area contributed by atoms with Crippen molar-refractivity contribution in [3.63, 3.8) is 0 Å². The second-order valence-electron chi connectivity index (χ2n) is 14.1. The lowest BCUT2D eigenvalue weighted by molar-refractivity contribution is -0.284. The summed E-state index contributed by atoms with van der Waals surface area (Å²) in [6, 6.07) is 0. The Kier molecular flexibility index (Phi) is 8.01. The Morgan fingerprint density at radius 1 is 0.730 bits per heavy atom. The van der Waals surface area contributed by atoms with Gasteiger partial charge in [0.15, 0.2) is 0 Å². The fraction of sp³-hybridized carbons (Fsp3) is 0.893. The minimum Gasteiger partial charge on any atom is -0.469 e. The van der Waals surface area contributed by atoms with Crippen molar-refractivity contribution in [1.82, 2.24) is 0 Å². The van der Waals surface area contributed by atoms with Crippen molar-refractivity contribution in [3.05, 3.63) is 0 Å². The van der Waals surface area contributed by atoms with Crippen LogP contribution in [0.1, 0.15) is 69.2 Å². The number of carbonyl (C=O) groups excluding carboxylic acids is 3. The second-order valence-corrected chi connectivity index (χ2v) is 14.1. The van der Waals surface area contributed by atoms with Crippen molar-refractivity contribution >= 4 is 17.9 Å². The van der Waals surface area contributed by atoms with E-state index < -0.39 is 64.8 Å². The molecule has 0 N–H and O–H groups in total. The molecule has 3 rings (SSSR count). The molecule has 0 aliphatic carbocycles. The lowest BCUT2D eigenvalue weighted by Crippen LogP contribution is -2.55. The van der Waals surface area contributed by atoms with Gasteiger partial charge in [-0.2, -0.15) is 0 Å². The summed E-state index contributed by atoms with van der Waals surface area (Å²) in [4.78, 5) is 49.2. The van der Waals surface area contributed by atoms with E-state index in [4.69, 9.17) is 28.7 Å². The van der Waals surface area contributed by atoms with Crippen LogP contribution >= 0.6 is 0 Å². The summed E-state index contributed by atoms with van der Waals surface area (Å²) in [6.45, 7) is 20.4. The molecule has 9 nitrogen and oxygen atoms in total. The maximum absolute atomic E-state index is 13.3. The zero-order valence-corrected chi connectivity index (χ0v) is 24.5. The Morgan fingerprint density at radius 3 is 1.65 bits per heavy atom. The van der Waals surface area contributed by atoms with Gasteiger partial charge in [0.25, 0.3) is 0 Å². The van der Waals surface area contributed by atoms with Gasteiger partial charge in [-0.15, -0.1) is 0 Å². The maximum atomic E-state index is 13.3. The minimum atomic E-state index is -0.727. The summed E-state index contributed by atoms with van der Waals surface area (Å²) in [7, 11) is 2.80. The molecule has 0 radical (unpaired) electrons. The SMILES string of the molecule is COOCC1C(C(=O)OC)C(C(C)(C)C(C)(C)C2OC(C(C)(C)C)C3C(=O)OC(=O)C32)OC1C(C)(C)C. The average molecular weight is 527 g/mol. The quantitative estimate of drug-likeness (QED) is 0.211. The van der Waals surface area contributed by atoms with E-state index in [2.05, 4.69) is 20.8 Å². The average Bonchev–Trinajstić information content (AvgIpc) is 3.43. The van der Waals surface area contributed by atoms with E-state index in [1.165, 1.54) is 14.2 Å². The molecular formula is C28H46O9. The molecule has 9 heteroatoms. The number of hydrogen-bond donors (Lipinski definition) is 0. The lowest BCUT2D eigenvalue weighted by Gasteiger charge is -2.50. The normalized spacial score (nSPS) is 35.0. The third-order valence-electron chi connectivity index (χ3n) is 9.19. The van der Waals surface area contributed by atoms with E-state index in [1.54, 1.807) is 0 Å². The van der Waals surface area contributed by atoms with Crippen molar-refractivity contribution in [2.75, 3.05) is 20.8 Å². The number of hydrogen-bond acceptors (Lipinski definition) is 9. The van der Waals surface area contributed by atoms with Crippen LogP contribution < -0.4 is 0 Å². The van der Waals surface area contributed by atoms with Crippen LogP contribution in [0, 0.1) is 45.3 Å². The maximum Gasteiger partial charge on any atom is 0.320 e. The number of ether oxygens (including phenoxy) is 4. The fourth-order valence-corrected chi connectivity index (χ4v) is 6.57. The molecule has 37 heavy (non-hydrogen) atoms. The van der Waals surface area contributed by atoms with Gasteiger partial charge in [-0.25, -0.2) is 9.78 Å². The molecule has 0 spiro atoms. The van der Waals surface area contributed by atoms with Gasteiger partial charge in [-0.3, -0.25) is 14.4 Å². The van der Waals surface area contributed by atoms with Crippen LogP contribution in [0.5, 0.6) is 0 Å². The third-order valence-corrected chi connectivity index (χ3v) is 9.19. The van der Waals surface area contributed by atoms with Crippen molar-refractivity contribution < 1.29 is 43.1 Å². The Morgan fingerprint density at radius 2 is 1.19 bits per heavy atom. The van der Waals surface area contributed by atoms with Crippen LogP contribution in [-0.2, 0) is 43.1 Å². The third kappa shape index (κ3) is 4.97. The van der Waals surface area contributed by atoms with Gasteiger partial charge in [0, 0.05) is 5.92 Å². The summed E-state index contributed by atoms with van der Waals surface area (Å²) >= 11 is 0. The summed E-state index contributed by atoms with van der Waals surface area (Å²) in [6.07, 6.45) is -2.03. The fourth-order valence-electron chi connectivity index (χ4n) is 6.57. The first-order valence-electron chi connectivity index (χ1n) is 13.1. The van der Waals surface area contributed by atoms with Crippen LogP contribution in [0.4, 0.5) is 0 Å². The molecule has 8 atom stereocenters. The first-order chi connectivity index (χ1) is 16.8. The number of cyclic esters (lactones) is 2. The molecule has 3 aliphatic heterocycles. The molecule has 0 aromatic heterocycles. The van der Waals surface area contributed by atoms with Crippen LogP contribution in [0.15, 0.2) is 0 Å². The van der Waals surface area contributed by atoms with Crippen LogP contribution in [-0.4, -0.2) is 63.2 Å². The zero-order chi connectivity index (χ0) is 28.3. The highest BCUT2D eigenvalue weighted by atomic mass is 17.2. The molecule has 0 saturated carbocycles. The van der Waals surface area contributed by atoms with Gasteiger partial charge >= 0.3 is 17.9 Å².